The Bertz CT molecular complexity index is 384. The zero-order valence-corrected chi connectivity index (χ0v) is 12.3. The monoisotopic (exact) mass is 280 g/mol. The van der Waals surface area contributed by atoms with Crippen LogP contribution < -0.4 is 11.1 Å². The van der Waals surface area contributed by atoms with Crippen LogP contribution in [0.4, 0.5) is 0 Å². The lowest BCUT2D eigenvalue weighted by molar-refractivity contribution is -0.123. The van der Waals surface area contributed by atoms with E-state index in [-0.39, 0.29) is 17.9 Å². The van der Waals surface area contributed by atoms with E-state index in [1.54, 1.807) is 0 Å². The van der Waals surface area contributed by atoms with Crippen LogP contribution in [0.5, 0.6) is 0 Å². The average Bonchev–Trinajstić information content (AvgIpc) is 3.03. The summed E-state index contributed by atoms with van der Waals surface area (Å²) in [5.74, 6) is 2.83. The predicted molar refractivity (Wildman–Crippen MR) is 79.6 cm³/mol. The molecule has 2 bridgehead atoms. The van der Waals surface area contributed by atoms with Gasteiger partial charge in [0.05, 0.1) is 4.99 Å². The van der Waals surface area contributed by atoms with Crippen molar-refractivity contribution in [2.45, 2.75) is 57.4 Å². The lowest BCUT2D eigenvalue weighted by atomic mass is 9.86. The van der Waals surface area contributed by atoms with Gasteiger partial charge in [-0.3, -0.25) is 4.79 Å². The predicted octanol–water partition coefficient (Wildman–Crippen LogP) is 2.38. The molecule has 19 heavy (non-hydrogen) atoms. The van der Waals surface area contributed by atoms with Gasteiger partial charge in [-0.25, -0.2) is 0 Å². The van der Waals surface area contributed by atoms with E-state index in [4.69, 9.17) is 18.0 Å². The van der Waals surface area contributed by atoms with Crippen LogP contribution in [0.2, 0.25) is 0 Å². The number of rotatable bonds is 4. The summed E-state index contributed by atoms with van der Waals surface area (Å²) in [5, 5.41) is 3.19. The van der Waals surface area contributed by atoms with E-state index in [9.17, 15) is 4.79 Å². The maximum absolute atomic E-state index is 12.2. The van der Waals surface area contributed by atoms with Crippen molar-refractivity contribution in [3.05, 3.63) is 0 Å². The van der Waals surface area contributed by atoms with Gasteiger partial charge in [0.1, 0.15) is 0 Å². The van der Waals surface area contributed by atoms with Crippen molar-refractivity contribution >= 4 is 23.1 Å². The first-order valence-electron chi connectivity index (χ1n) is 7.72. The highest BCUT2D eigenvalue weighted by atomic mass is 32.1. The van der Waals surface area contributed by atoms with Crippen LogP contribution in [0, 0.1) is 23.7 Å². The summed E-state index contributed by atoms with van der Waals surface area (Å²) in [6.45, 7) is 0. The summed E-state index contributed by atoms with van der Waals surface area (Å²) in [5.41, 5.74) is 5.76. The molecule has 3 fully saturated rings. The highest BCUT2D eigenvalue weighted by Crippen LogP contribution is 2.49. The largest absolute Gasteiger partial charge is 0.393 e. The zero-order chi connectivity index (χ0) is 13.4. The summed E-state index contributed by atoms with van der Waals surface area (Å²) in [7, 11) is 0. The van der Waals surface area contributed by atoms with Gasteiger partial charge in [-0.15, -0.1) is 0 Å². The Kier molecular flexibility index (Phi) is 3.79. The zero-order valence-electron chi connectivity index (χ0n) is 11.4. The molecule has 0 aromatic rings. The first-order chi connectivity index (χ1) is 9.13. The van der Waals surface area contributed by atoms with Crippen molar-refractivity contribution in [1.82, 2.24) is 5.32 Å². The number of nitrogens with two attached hydrogens (primary N) is 1. The maximum Gasteiger partial charge on any atom is 0.220 e. The van der Waals surface area contributed by atoms with E-state index in [0.717, 1.165) is 37.5 Å². The Hall–Kier alpha value is -0.640. The molecule has 3 nitrogen and oxygen atoms in total. The summed E-state index contributed by atoms with van der Waals surface area (Å²) < 4.78 is 0. The molecule has 0 aliphatic heterocycles. The van der Waals surface area contributed by atoms with Gasteiger partial charge in [0.2, 0.25) is 5.91 Å². The molecule has 3 aliphatic rings. The number of fused-ring (bicyclic) bond motifs is 2. The van der Waals surface area contributed by atoms with Crippen molar-refractivity contribution in [2.75, 3.05) is 0 Å². The number of hydrogen-bond donors (Lipinski definition) is 2. The van der Waals surface area contributed by atoms with E-state index in [1.165, 1.54) is 25.7 Å². The van der Waals surface area contributed by atoms with Gasteiger partial charge in [0.15, 0.2) is 0 Å². The summed E-state index contributed by atoms with van der Waals surface area (Å²) in [6, 6.07) is 0.198. The number of carbonyl (C=O) groups is 1. The molecule has 0 saturated heterocycles. The fraction of sp³-hybridized carbons (Fsp3) is 0.867. The van der Waals surface area contributed by atoms with Crippen molar-refractivity contribution in [3.8, 4) is 0 Å². The molecule has 5 unspecified atom stereocenters. The van der Waals surface area contributed by atoms with Crippen molar-refractivity contribution < 1.29 is 4.79 Å². The molecular weight excluding hydrogens is 256 g/mol. The molecule has 1 amide bonds. The number of thiocarbonyl (C=S) groups is 1. The normalized spacial score (nSPS) is 40.5. The molecule has 0 aromatic heterocycles. The molecule has 3 saturated carbocycles. The standard InChI is InChI=1S/C15H24N2OS/c16-15(19)12-2-1-3-13(12)17-14(18)8-11-7-9-4-5-10(11)6-9/h9-13H,1-8H2,(H2,16,19)(H,17,18). The second kappa shape index (κ2) is 5.39. The summed E-state index contributed by atoms with van der Waals surface area (Å²) in [6.07, 6.45) is 9.32. The highest BCUT2D eigenvalue weighted by Gasteiger charge is 2.40. The van der Waals surface area contributed by atoms with Gasteiger partial charge in [0, 0.05) is 18.4 Å². The molecule has 3 N–H and O–H groups in total. The topological polar surface area (TPSA) is 55.1 Å². The van der Waals surface area contributed by atoms with E-state index >= 15 is 0 Å². The number of carbonyl (C=O) groups excluding carboxylic acids is 1. The van der Waals surface area contributed by atoms with Gasteiger partial charge in [-0.2, -0.15) is 0 Å². The molecule has 0 heterocycles. The first-order valence-corrected chi connectivity index (χ1v) is 8.13. The molecule has 3 aliphatic carbocycles. The minimum Gasteiger partial charge on any atom is -0.393 e. The third-order valence-electron chi connectivity index (χ3n) is 5.56. The number of amides is 1. The first kappa shape index (κ1) is 13.3. The molecule has 3 rings (SSSR count). The minimum absolute atomic E-state index is 0.198. The van der Waals surface area contributed by atoms with E-state index < -0.39 is 0 Å². The Balaban J connectivity index is 1.50. The molecule has 106 valence electrons. The van der Waals surface area contributed by atoms with E-state index in [0.29, 0.717) is 10.9 Å². The highest BCUT2D eigenvalue weighted by molar-refractivity contribution is 7.80. The van der Waals surface area contributed by atoms with Gasteiger partial charge in [-0.1, -0.05) is 25.1 Å². The van der Waals surface area contributed by atoms with Crippen LogP contribution in [-0.4, -0.2) is 16.9 Å². The Morgan fingerprint density at radius 2 is 2.05 bits per heavy atom. The maximum atomic E-state index is 12.2. The molecular formula is C15H24N2OS. The van der Waals surface area contributed by atoms with Gasteiger partial charge in [0.25, 0.3) is 0 Å². The summed E-state index contributed by atoms with van der Waals surface area (Å²) in [4.78, 5) is 12.8. The SMILES string of the molecule is NC(=S)C1CCCC1NC(=O)CC1CC2CCC1C2. The lowest BCUT2D eigenvalue weighted by Gasteiger charge is -2.24. The fourth-order valence-electron chi connectivity index (χ4n) is 4.60. The third-order valence-corrected chi connectivity index (χ3v) is 5.86. The fourth-order valence-corrected chi connectivity index (χ4v) is 4.89. The molecule has 0 radical (unpaired) electrons. The van der Waals surface area contributed by atoms with E-state index in [1.807, 2.05) is 0 Å². The van der Waals surface area contributed by atoms with Crippen molar-refractivity contribution in [2.24, 2.45) is 29.4 Å². The Morgan fingerprint density at radius 3 is 2.68 bits per heavy atom. The average molecular weight is 280 g/mol. The van der Waals surface area contributed by atoms with Crippen molar-refractivity contribution in [1.29, 1.82) is 0 Å². The molecule has 0 aromatic carbocycles. The Morgan fingerprint density at radius 1 is 1.21 bits per heavy atom. The Labute approximate surface area is 120 Å². The lowest BCUT2D eigenvalue weighted by Crippen LogP contribution is -2.42. The second-order valence-electron chi connectivity index (χ2n) is 6.75. The minimum atomic E-state index is 0.198. The van der Waals surface area contributed by atoms with E-state index in [2.05, 4.69) is 5.32 Å². The van der Waals surface area contributed by atoms with Crippen LogP contribution in [0.1, 0.15) is 51.4 Å². The van der Waals surface area contributed by atoms with Crippen molar-refractivity contribution in [3.63, 3.8) is 0 Å². The third kappa shape index (κ3) is 2.78. The number of nitrogens with one attached hydrogen (secondary N) is 1. The van der Waals surface area contributed by atoms with Gasteiger partial charge < -0.3 is 11.1 Å². The van der Waals surface area contributed by atoms with Crippen LogP contribution >= 0.6 is 12.2 Å². The van der Waals surface area contributed by atoms with Crippen LogP contribution in [0.15, 0.2) is 0 Å². The second-order valence-corrected chi connectivity index (χ2v) is 7.22. The van der Waals surface area contributed by atoms with Crippen LogP contribution in [-0.2, 0) is 4.79 Å². The van der Waals surface area contributed by atoms with Crippen LogP contribution in [0.25, 0.3) is 0 Å². The molecule has 5 atom stereocenters. The smallest absolute Gasteiger partial charge is 0.220 e. The van der Waals surface area contributed by atoms with Gasteiger partial charge in [-0.05, 0) is 49.9 Å². The molecule has 0 spiro atoms. The quantitative estimate of drug-likeness (QED) is 0.777. The molecule has 4 heteroatoms. The summed E-state index contributed by atoms with van der Waals surface area (Å²) >= 11 is 5.10. The number of hydrogen-bond acceptors (Lipinski definition) is 2. The van der Waals surface area contributed by atoms with Crippen LogP contribution in [0.3, 0.4) is 0 Å². The van der Waals surface area contributed by atoms with Gasteiger partial charge >= 0.3 is 0 Å².